The van der Waals surface area contributed by atoms with Gasteiger partial charge in [0, 0.05) is 6.08 Å². The fraction of sp³-hybridized carbons (Fsp3) is 0.154. The van der Waals surface area contributed by atoms with Gasteiger partial charge in [-0.1, -0.05) is 36.4 Å². The number of benzene rings is 3. The number of carbonyl (C=O) groups excluding carboxylic acids is 2. The molecule has 3 aromatic rings. The predicted molar refractivity (Wildman–Crippen MR) is 122 cm³/mol. The van der Waals surface area contributed by atoms with Gasteiger partial charge < -0.3 is 23.7 Å². The Morgan fingerprint density at radius 3 is 2.18 bits per heavy atom. The van der Waals surface area contributed by atoms with Crippen LogP contribution in [0.1, 0.15) is 11.1 Å². The molecule has 0 aliphatic carbocycles. The van der Waals surface area contributed by atoms with Crippen molar-refractivity contribution in [3.05, 3.63) is 90.0 Å². The van der Waals surface area contributed by atoms with E-state index in [4.69, 9.17) is 18.9 Å². The third-order valence-electron chi connectivity index (χ3n) is 4.45. The maximum Gasteiger partial charge on any atom is 0.349 e. The van der Waals surface area contributed by atoms with Gasteiger partial charge in [-0.2, -0.15) is 0 Å². The minimum atomic E-state index is -0.587. The topological polar surface area (TPSA) is 80.3 Å². The summed E-state index contributed by atoms with van der Waals surface area (Å²) in [5.41, 5.74) is 1.76. The Labute approximate surface area is 192 Å². The number of hydrogen-bond donors (Lipinski definition) is 0. The highest BCUT2D eigenvalue weighted by atomic mass is 16.6. The highest BCUT2D eigenvalue weighted by Crippen LogP contribution is 2.29. The predicted octanol–water partition coefficient (Wildman–Crippen LogP) is 4.44. The van der Waals surface area contributed by atoms with E-state index in [0.29, 0.717) is 29.4 Å². The molecule has 0 heterocycles. The maximum atomic E-state index is 12.2. The van der Waals surface area contributed by atoms with Gasteiger partial charge >= 0.3 is 11.9 Å². The molecule has 0 N–H and O–H groups in total. The molecule has 0 radical (unpaired) electrons. The van der Waals surface area contributed by atoms with Gasteiger partial charge in [0.2, 0.25) is 0 Å². The largest absolute Gasteiger partial charge is 0.493 e. The quantitative estimate of drug-likeness (QED) is 0.258. The molecule has 0 aromatic heterocycles. The Hall–Kier alpha value is -4.26. The minimum Gasteiger partial charge on any atom is -0.493 e. The lowest BCUT2D eigenvalue weighted by atomic mass is 10.2. The highest BCUT2D eigenvalue weighted by Gasteiger charge is 2.12. The van der Waals surface area contributed by atoms with Gasteiger partial charge in [-0.25, -0.2) is 9.59 Å². The van der Waals surface area contributed by atoms with E-state index in [1.165, 1.54) is 20.3 Å². The number of ether oxygens (including phenoxy) is 5. The van der Waals surface area contributed by atoms with E-state index in [1.54, 1.807) is 48.5 Å². The van der Waals surface area contributed by atoms with Crippen molar-refractivity contribution in [2.45, 2.75) is 6.61 Å². The normalized spacial score (nSPS) is 10.5. The molecule has 0 saturated heterocycles. The number of methoxy groups -OCH3 is 2. The standard InChI is InChI=1S/C26H24O7/c1-29-24-16-19(9-15-25(27)30-2)8-14-23(24)33-26(28)18-32-22-12-10-21(11-13-22)31-17-20-6-4-3-5-7-20/h3-16H,17-18H2,1-2H3/b15-9+. The summed E-state index contributed by atoms with van der Waals surface area (Å²) in [6.07, 6.45) is 2.85. The molecule has 0 aliphatic rings. The van der Waals surface area contributed by atoms with E-state index >= 15 is 0 Å². The Kier molecular flexibility index (Phi) is 8.48. The van der Waals surface area contributed by atoms with E-state index in [2.05, 4.69) is 4.74 Å². The van der Waals surface area contributed by atoms with Crippen molar-refractivity contribution < 1.29 is 33.3 Å². The summed E-state index contributed by atoms with van der Waals surface area (Å²) < 4.78 is 26.4. The molecule has 0 saturated carbocycles. The zero-order chi connectivity index (χ0) is 23.5. The van der Waals surface area contributed by atoms with Crippen molar-refractivity contribution in [2.75, 3.05) is 20.8 Å². The number of hydrogen-bond acceptors (Lipinski definition) is 7. The lowest BCUT2D eigenvalue weighted by molar-refractivity contribution is -0.137. The van der Waals surface area contributed by atoms with Crippen LogP contribution in [0.3, 0.4) is 0 Å². The van der Waals surface area contributed by atoms with Gasteiger partial charge in [0.15, 0.2) is 18.1 Å². The second kappa shape index (κ2) is 12.0. The first-order valence-electron chi connectivity index (χ1n) is 10.1. The van der Waals surface area contributed by atoms with Crippen molar-refractivity contribution in [1.82, 2.24) is 0 Å². The molecule has 33 heavy (non-hydrogen) atoms. The number of rotatable bonds is 10. The second-order valence-corrected chi connectivity index (χ2v) is 6.78. The van der Waals surface area contributed by atoms with Crippen molar-refractivity contribution in [3.8, 4) is 23.0 Å². The summed E-state index contributed by atoms with van der Waals surface area (Å²) in [6, 6.07) is 21.7. The van der Waals surface area contributed by atoms with E-state index in [0.717, 1.165) is 5.56 Å². The lowest BCUT2D eigenvalue weighted by Gasteiger charge is -2.11. The van der Waals surface area contributed by atoms with E-state index < -0.39 is 11.9 Å². The first-order chi connectivity index (χ1) is 16.1. The van der Waals surface area contributed by atoms with Crippen molar-refractivity contribution in [3.63, 3.8) is 0 Å². The summed E-state index contributed by atoms with van der Waals surface area (Å²) in [5, 5.41) is 0. The molecule has 0 bridgehead atoms. The molecule has 3 aromatic carbocycles. The van der Waals surface area contributed by atoms with Crippen molar-refractivity contribution in [2.24, 2.45) is 0 Å². The zero-order valence-corrected chi connectivity index (χ0v) is 18.4. The van der Waals surface area contributed by atoms with Gasteiger partial charge in [0.05, 0.1) is 14.2 Å². The Morgan fingerprint density at radius 2 is 1.52 bits per heavy atom. The molecular weight excluding hydrogens is 424 g/mol. The van der Waals surface area contributed by atoms with Gasteiger partial charge in [0.25, 0.3) is 0 Å². The summed E-state index contributed by atoms with van der Waals surface area (Å²) in [4.78, 5) is 23.4. The molecule has 0 spiro atoms. The zero-order valence-electron chi connectivity index (χ0n) is 18.4. The second-order valence-electron chi connectivity index (χ2n) is 6.78. The van der Waals surface area contributed by atoms with Crippen LogP contribution in [0.4, 0.5) is 0 Å². The molecule has 0 amide bonds. The van der Waals surface area contributed by atoms with Gasteiger partial charge in [0.1, 0.15) is 18.1 Å². The minimum absolute atomic E-state index is 0.242. The van der Waals surface area contributed by atoms with Crippen LogP contribution in [0.25, 0.3) is 6.08 Å². The monoisotopic (exact) mass is 448 g/mol. The molecule has 7 heteroatoms. The SMILES string of the molecule is COC(=O)/C=C/c1ccc(OC(=O)COc2ccc(OCc3ccccc3)cc2)c(OC)c1. The molecule has 0 aliphatic heterocycles. The number of carbonyl (C=O) groups is 2. The van der Waals surface area contributed by atoms with Gasteiger partial charge in [-0.15, -0.1) is 0 Å². The lowest BCUT2D eigenvalue weighted by Crippen LogP contribution is -2.18. The average Bonchev–Trinajstić information content (AvgIpc) is 2.86. The Bertz CT molecular complexity index is 1090. The van der Waals surface area contributed by atoms with E-state index in [-0.39, 0.29) is 12.4 Å². The highest BCUT2D eigenvalue weighted by molar-refractivity contribution is 5.87. The van der Waals surface area contributed by atoms with E-state index in [1.807, 2.05) is 30.3 Å². The van der Waals surface area contributed by atoms with Crippen LogP contribution < -0.4 is 18.9 Å². The third-order valence-corrected chi connectivity index (χ3v) is 4.45. The maximum absolute atomic E-state index is 12.2. The summed E-state index contributed by atoms with van der Waals surface area (Å²) in [6.45, 7) is 0.184. The van der Waals surface area contributed by atoms with Crippen LogP contribution in [0.15, 0.2) is 78.9 Å². The fourth-order valence-electron chi connectivity index (χ4n) is 2.77. The molecule has 0 atom stereocenters. The van der Waals surface area contributed by atoms with E-state index in [9.17, 15) is 9.59 Å². The molecular formula is C26H24O7. The molecule has 0 fully saturated rings. The van der Waals surface area contributed by atoms with Gasteiger partial charge in [-0.3, -0.25) is 0 Å². The van der Waals surface area contributed by atoms with Crippen LogP contribution in [0, 0.1) is 0 Å². The first kappa shape index (κ1) is 23.4. The van der Waals surface area contributed by atoms with Crippen LogP contribution in [-0.2, 0) is 20.9 Å². The van der Waals surface area contributed by atoms with Crippen molar-refractivity contribution >= 4 is 18.0 Å². The van der Waals surface area contributed by atoms with Gasteiger partial charge in [-0.05, 0) is 53.6 Å². The molecule has 0 unspecified atom stereocenters. The summed E-state index contributed by atoms with van der Waals surface area (Å²) in [7, 11) is 2.75. The fourth-order valence-corrected chi connectivity index (χ4v) is 2.77. The first-order valence-corrected chi connectivity index (χ1v) is 10.1. The molecule has 7 nitrogen and oxygen atoms in total. The Balaban J connectivity index is 1.50. The van der Waals surface area contributed by atoms with Crippen LogP contribution in [-0.4, -0.2) is 32.8 Å². The number of esters is 2. The summed E-state index contributed by atoms with van der Waals surface area (Å²) in [5.74, 6) is 0.725. The Morgan fingerprint density at radius 1 is 0.818 bits per heavy atom. The summed E-state index contributed by atoms with van der Waals surface area (Å²) >= 11 is 0. The van der Waals surface area contributed by atoms with Crippen molar-refractivity contribution in [1.29, 1.82) is 0 Å². The molecule has 3 rings (SSSR count). The molecule has 170 valence electrons. The van der Waals surface area contributed by atoms with Crippen LogP contribution in [0.2, 0.25) is 0 Å². The van der Waals surface area contributed by atoms with Crippen LogP contribution in [0.5, 0.6) is 23.0 Å². The average molecular weight is 448 g/mol. The van der Waals surface area contributed by atoms with Crippen LogP contribution >= 0.6 is 0 Å². The third kappa shape index (κ3) is 7.43. The smallest absolute Gasteiger partial charge is 0.349 e.